The van der Waals surface area contributed by atoms with E-state index in [0.717, 1.165) is 19.6 Å². The van der Waals surface area contributed by atoms with Crippen LogP contribution in [0.4, 0.5) is 0 Å². The molecule has 1 N–H and O–H groups in total. The van der Waals surface area contributed by atoms with E-state index < -0.39 is 0 Å². The summed E-state index contributed by atoms with van der Waals surface area (Å²) in [5, 5.41) is 14.3. The summed E-state index contributed by atoms with van der Waals surface area (Å²) in [5.74, 6) is 0.155. The quantitative estimate of drug-likeness (QED) is 0.785. The summed E-state index contributed by atoms with van der Waals surface area (Å²) < 4.78 is 12.5. The van der Waals surface area contributed by atoms with E-state index in [1.54, 1.807) is 12.1 Å². The lowest BCUT2D eigenvalue weighted by atomic mass is 10.1. The number of hydrogen-bond acceptors (Lipinski definition) is 7. The number of morpholine rings is 1. The molecular weight excluding hydrogens is 372 g/mol. The highest BCUT2D eigenvalue weighted by Gasteiger charge is 2.22. The number of ether oxygens (including phenoxy) is 2. The number of methoxy groups -OCH3 is 1. The van der Waals surface area contributed by atoms with Crippen molar-refractivity contribution in [3.63, 3.8) is 0 Å². The second kappa shape index (κ2) is 8.64. The molecule has 1 aromatic carbocycles. The maximum atomic E-state index is 12.6. The number of benzene rings is 1. The summed E-state index contributed by atoms with van der Waals surface area (Å²) >= 11 is 6.31. The van der Waals surface area contributed by atoms with Gasteiger partial charge in [-0.1, -0.05) is 11.6 Å². The SMILES string of the molecule is COc1cc(-n2cnnn2)c(Cl)cc1C(=O)NCCN1CC(C)OC(C)C1. The third-order valence-corrected chi connectivity index (χ3v) is 4.62. The standard InChI is InChI=1S/C17H23ClN6O3/c1-11-8-23(9-12(2)27-11)5-4-19-17(25)13-6-14(18)15(7-16(13)26-3)24-10-20-21-22-24/h6-7,10-12H,4-5,8-9H2,1-3H3,(H,19,25). The van der Waals surface area contributed by atoms with Gasteiger partial charge in [0.2, 0.25) is 0 Å². The van der Waals surface area contributed by atoms with Gasteiger partial charge in [0, 0.05) is 32.2 Å². The van der Waals surface area contributed by atoms with Gasteiger partial charge in [-0.2, -0.15) is 4.68 Å². The van der Waals surface area contributed by atoms with E-state index >= 15 is 0 Å². The zero-order valence-electron chi connectivity index (χ0n) is 15.6. The Labute approximate surface area is 162 Å². The molecule has 1 fully saturated rings. The molecule has 0 saturated carbocycles. The Morgan fingerprint density at radius 2 is 2.11 bits per heavy atom. The van der Waals surface area contributed by atoms with Crippen LogP contribution >= 0.6 is 11.6 Å². The lowest BCUT2D eigenvalue weighted by Gasteiger charge is -2.35. The highest BCUT2D eigenvalue weighted by molar-refractivity contribution is 6.33. The fourth-order valence-electron chi connectivity index (χ4n) is 3.23. The monoisotopic (exact) mass is 394 g/mol. The molecule has 3 rings (SSSR count). The molecule has 1 aliphatic heterocycles. The van der Waals surface area contributed by atoms with Crippen LogP contribution in [0.2, 0.25) is 5.02 Å². The first-order valence-corrected chi connectivity index (χ1v) is 9.12. The van der Waals surface area contributed by atoms with E-state index in [-0.39, 0.29) is 18.1 Å². The molecule has 0 radical (unpaired) electrons. The van der Waals surface area contributed by atoms with Crippen LogP contribution in [0.15, 0.2) is 18.5 Å². The molecule has 2 atom stereocenters. The molecule has 2 heterocycles. The second-order valence-corrected chi connectivity index (χ2v) is 6.94. The van der Waals surface area contributed by atoms with E-state index in [0.29, 0.717) is 28.6 Å². The van der Waals surface area contributed by atoms with Crippen LogP contribution in [-0.2, 0) is 4.74 Å². The van der Waals surface area contributed by atoms with Crippen LogP contribution in [0.5, 0.6) is 5.75 Å². The van der Waals surface area contributed by atoms with E-state index in [9.17, 15) is 4.79 Å². The molecule has 9 nitrogen and oxygen atoms in total. The molecule has 1 saturated heterocycles. The van der Waals surface area contributed by atoms with Gasteiger partial charge in [-0.3, -0.25) is 9.69 Å². The minimum Gasteiger partial charge on any atom is -0.496 e. The lowest BCUT2D eigenvalue weighted by Crippen LogP contribution is -2.47. The molecule has 1 amide bonds. The van der Waals surface area contributed by atoms with E-state index in [2.05, 4.69) is 39.6 Å². The number of aromatic nitrogens is 4. The topological polar surface area (TPSA) is 94.4 Å². The fraction of sp³-hybridized carbons (Fsp3) is 0.529. The minimum atomic E-state index is -0.244. The third kappa shape index (κ3) is 4.74. The predicted octanol–water partition coefficient (Wildman–Crippen LogP) is 1.16. The van der Waals surface area contributed by atoms with Gasteiger partial charge in [-0.15, -0.1) is 5.10 Å². The number of hydrogen-bond donors (Lipinski definition) is 1. The highest BCUT2D eigenvalue weighted by Crippen LogP contribution is 2.29. The number of carbonyl (C=O) groups excluding carboxylic acids is 1. The Morgan fingerprint density at radius 3 is 2.74 bits per heavy atom. The Morgan fingerprint density at radius 1 is 1.37 bits per heavy atom. The highest BCUT2D eigenvalue weighted by atomic mass is 35.5. The predicted molar refractivity (Wildman–Crippen MR) is 99.5 cm³/mol. The molecular formula is C17H23ClN6O3. The van der Waals surface area contributed by atoms with Crippen molar-refractivity contribution in [2.24, 2.45) is 0 Å². The van der Waals surface area contributed by atoms with Crippen molar-refractivity contribution < 1.29 is 14.3 Å². The Kier molecular flexibility index (Phi) is 6.25. The van der Waals surface area contributed by atoms with Gasteiger partial charge < -0.3 is 14.8 Å². The summed E-state index contributed by atoms with van der Waals surface area (Å²) in [6.07, 6.45) is 1.81. The number of carbonyl (C=O) groups is 1. The Hall–Kier alpha value is -2.23. The summed E-state index contributed by atoms with van der Waals surface area (Å²) in [7, 11) is 1.50. The molecule has 10 heteroatoms. The largest absolute Gasteiger partial charge is 0.496 e. The number of rotatable bonds is 6. The summed E-state index contributed by atoms with van der Waals surface area (Å²) in [4.78, 5) is 14.9. The maximum absolute atomic E-state index is 12.6. The summed E-state index contributed by atoms with van der Waals surface area (Å²) in [5.41, 5.74) is 0.898. The molecule has 0 bridgehead atoms. The molecule has 27 heavy (non-hydrogen) atoms. The molecule has 146 valence electrons. The first kappa shape index (κ1) is 19.5. The third-order valence-electron chi connectivity index (χ3n) is 4.32. The van der Waals surface area contributed by atoms with Crippen LogP contribution < -0.4 is 10.1 Å². The molecule has 2 aromatic rings. The van der Waals surface area contributed by atoms with E-state index in [4.69, 9.17) is 21.1 Å². The van der Waals surface area contributed by atoms with Crippen molar-refractivity contribution in [1.82, 2.24) is 30.4 Å². The fourth-order valence-corrected chi connectivity index (χ4v) is 3.48. The molecule has 2 unspecified atom stereocenters. The van der Waals surface area contributed by atoms with Crippen molar-refractivity contribution in [2.45, 2.75) is 26.1 Å². The lowest BCUT2D eigenvalue weighted by molar-refractivity contribution is -0.0672. The zero-order valence-corrected chi connectivity index (χ0v) is 16.3. The van der Waals surface area contributed by atoms with Gasteiger partial charge in [-0.25, -0.2) is 0 Å². The number of tetrazole rings is 1. The van der Waals surface area contributed by atoms with Gasteiger partial charge >= 0.3 is 0 Å². The molecule has 0 aliphatic carbocycles. The van der Waals surface area contributed by atoms with Crippen LogP contribution in [0.3, 0.4) is 0 Å². The van der Waals surface area contributed by atoms with Crippen molar-refractivity contribution >= 4 is 17.5 Å². The van der Waals surface area contributed by atoms with Gasteiger partial charge in [0.15, 0.2) is 0 Å². The molecule has 1 aromatic heterocycles. The van der Waals surface area contributed by atoms with Gasteiger partial charge in [0.05, 0.1) is 35.6 Å². The van der Waals surface area contributed by atoms with E-state index in [1.165, 1.54) is 18.1 Å². The first-order valence-electron chi connectivity index (χ1n) is 8.75. The Bertz CT molecular complexity index is 775. The van der Waals surface area contributed by atoms with Gasteiger partial charge in [0.25, 0.3) is 5.91 Å². The van der Waals surface area contributed by atoms with Crippen molar-refractivity contribution in [3.8, 4) is 11.4 Å². The minimum absolute atomic E-state index is 0.196. The number of nitrogens with one attached hydrogen (secondary N) is 1. The van der Waals surface area contributed by atoms with Crippen molar-refractivity contribution in [2.75, 3.05) is 33.3 Å². The Balaban J connectivity index is 1.65. The van der Waals surface area contributed by atoms with Crippen LogP contribution in [-0.4, -0.2) is 76.5 Å². The first-order chi connectivity index (χ1) is 13.0. The summed E-state index contributed by atoms with van der Waals surface area (Å²) in [6.45, 7) is 7.10. The number of nitrogens with zero attached hydrogens (tertiary/aromatic N) is 5. The van der Waals surface area contributed by atoms with Gasteiger partial charge in [-0.05, 0) is 30.3 Å². The van der Waals surface area contributed by atoms with Crippen LogP contribution in [0.1, 0.15) is 24.2 Å². The number of halogens is 1. The van der Waals surface area contributed by atoms with Crippen molar-refractivity contribution in [1.29, 1.82) is 0 Å². The normalized spacial score (nSPS) is 20.4. The van der Waals surface area contributed by atoms with Crippen LogP contribution in [0.25, 0.3) is 5.69 Å². The van der Waals surface area contributed by atoms with Gasteiger partial charge in [0.1, 0.15) is 12.1 Å². The summed E-state index contributed by atoms with van der Waals surface area (Å²) in [6, 6.07) is 3.20. The van der Waals surface area contributed by atoms with Crippen molar-refractivity contribution in [3.05, 3.63) is 29.0 Å². The zero-order chi connectivity index (χ0) is 19.4. The smallest absolute Gasteiger partial charge is 0.255 e. The average molecular weight is 395 g/mol. The second-order valence-electron chi connectivity index (χ2n) is 6.53. The molecule has 1 aliphatic rings. The maximum Gasteiger partial charge on any atom is 0.255 e. The average Bonchev–Trinajstić information content (AvgIpc) is 3.15. The van der Waals surface area contributed by atoms with E-state index in [1.807, 2.05) is 0 Å². The molecule has 0 spiro atoms. The number of amides is 1. The van der Waals surface area contributed by atoms with Crippen LogP contribution in [0, 0.1) is 0 Å².